The number of halogens is 1. The molecule has 1 aromatic heterocycles. The number of imidazole rings is 1. The molecule has 1 atom stereocenters. The summed E-state index contributed by atoms with van der Waals surface area (Å²) in [5.41, 5.74) is 5.07. The highest BCUT2D eigenvalue weighted by Gasteiger charge is 2.33. The summed E-state index contributed by atoms with van der Waals surface area (Å²) in [6, 6.07) is 12.8. The number of piperidine rings is 1. The number of oxime groups is 1. The number of methoxy groups -OCH3 is 1. The summed E-state index contributed by atoms with van der Waals surface area (Å²) in [5, 5.41) is 4.39. The van der Waals surface area contributed by atoms with Crippen LogP contribution in [0.2, 0.25) is 0 Å². The number of hydrogen-bond donors (Lipinski definition) is 0. The molecule has 0 aliphatic carbocycles. The third-order valence-electron chi connectivity index (χ3n) is 5.95. The van der Waals surface area contributed by atoms with Gasteiger partial charge in [-0.3, -0.25) is 0 Å². The first-order chi connectivity index (χ1) is 15.6. The number of benzene rings is 2. The number of nitrogens with zero attached hydrogens (tertiary/aromatic N) is 4. The highest BCUT2D eigenvalue weighted by atomic mass is 19.1. The number of ether oxygens (including phenoxy) is 1. The van der Waals surface area contributed by atoms with Gasteiger partial charge in [0.05, 0.1) is 30.9 Å². The third kappa shape index (κ3) is 3.86. The molecule has 0 radical (unpaired) electrons. The summed E-state index contributed by atoms with van der Waals surface area (Å²) in [7, 11) is 1.67. The SMILES string of the molecule is COc1cc(C=C2CCCN3C2=NOC[C@@H]3c2ccc(F)cc2)ccc1-n1cnc(C)c1. The zero-order valence-electron chi connectivity index (χ0n) is 18.2. The van der Waals surface area contributed by atoms with E-state index in [1.54, 1.807) is 13.4 Å². The van der Waals surface area contributed by atoms with Crippen LogP contribution in [0.15, 0.2) is 65.7 Å². The summed E-state index contributed by atoms with van der Waals surface area (Å²) < 4.78 is 21.0. The van der Waals surface area contributed by atoms with Crippen molar-refractivity contribution in [1.29, 1.82) is 0 Å². The van der Waals surface area contributed by atoms with Crippen molar-refractivity contribution in [2.75, 3.05) is 20.3 Å². The molecule has 0 saturated carbocycles. The molecule has 3 heterocycles. The van der Waals surface area contributed by atoms with Gasteiger partial charge < -0.3 is 19.0 Å². The second-order valence-corrected chi connectivity index (χ2v) is 8.10. The van der Waals surface area contributed by atoms with Gasteiger partial charge in [-0.1, -0.05) is 23.4 Å². The van der Waals surface area contributed by atoms with Crippen LogP contribution in [0, 0.1) is 12.7 Å². The van der Waals surface area contributed by atoms with E-state index < -0.39 is 0 Å². The average Bonchev–Trinajstić information content (AvgIpc) is 3.25. The van der Waals surface area contributed by atoms with Gasteiger partial charge in [-0.15, -0.1) is 0 Å². The Morgan fingerprint density at radius 1 is 1.19 bits per heavy atom. The van der Waals surface area contributed by atoms with Gasteiger partial charge in [0.15, 0.2) is 5.84 Å². The molecule has 0 amide bonds. The minimum atomic E-state index is -0.234. The molecule has 6 nitrogen and oxygen atoms in total. The van der Waals surface area contributed by atoms with Gasteiger partial charge in [0, 0.05) is 12.7 Å². The number of amidine groups is 1. The van der Waals surface area contributed by atoms with Crippen LogP contribution in [0.25, 0.3) is 11.8 Å². The lowest BCUT2D eigenvalue weighted by molar-refractivity contribution is 0.0575. The molecule has 5 rings (SSSR count). The van der Waals surface area contributed by atoms with Crippen LogP contribution in [0.3, 0.4) is 0 Å². The van der Waals surface area contributed by atoms with Crippen molar-refractivity contribution in [3.63, 3.8) is 0 Å². The molecular weight excluding hydrogens is 407 g/mol. The van der Waals surface area contributed by atoms with E-state index in [2.05, 4.69) is 27.2 Å². The maximum Gasteiger partial charge on any atom is 0.172 e. The Kier molecular flexibility index (Phi) is 5.39. The largest absolute Gasteiger partial charge is 0.495 e. The van der Waals surface area contributed by atoms with E-state index in [4.69, 9.17) is 9.57 Å². The van der Waals surface area contributed by atoms with E-state index >= 15 is 0 Å². The fourth-order valence-corrected chi connectivity index (χ4v) is 4.36. The van der Waals surface area contributed by atoms with E-state index in [1.807, 2.05) is 42.0 Å². The second-order valence-electron chi connectivity index (χ2n) is 8.10. The zero-order valence-corrected chi connectivity index (χ0v) is 18.2. The highest BCUT2D eigenvalue weighted by Crippen LogP contribution is 2.33. The summed E-state index contributed by atoms with van der Waals surface area (Å²) in [6.07, 6.45) is 7.84. The minimum absolute atomic E-state index is 0.0215. The van der Waals surface area contributed by atoms with E-state index in [-0.39, 0.29) is 11.9 Å². The van der Waals surface area contributed by atoms with Crippen LogP contribution < -0.4 is 4.74 Å². The fraction of sp³-hybridized carbons (Fsp3) is 0.280. The number of fused-ring (bicyclic) bond motifs is 1. The predicted octanol–water partition coefficient (Wildman–Crippen LogP) is 4.89. The molecule has 1 fully saturated rings. The van der Waals surface area contributed by atoms with Crippen molar-refractivity contribution in [3.8, 4) is 11.4 Å². The summed E-state index contributed by atoms with van der Waals surface area (Å²) in [5.74, 6) is 1.39. The molecule has 164 valence electrons. The Morgan fingerprint density at radius 2 is 2.03 bits per heavy atom. The summed E-state index contributed by atoms with van der Waals surface area (Å²) in [6.45, 7) is 3.31. The van der Waals surface area contributed by atoms with E-state index in [9.17, 15) is 4.39 Å². The van der Waals surface area contributed by atoms with Gasteiger partial charge in [-0.05, 0) is 66.8 Å². The van der Waals surface area contributed by atoms with Gasteiger partial charge >= 0.3 is 0 Å². The van der Waals surface area contributed by atoms with Crippen LogP contribution in [0.5, 0.6) is 5.75 Å². The Morgan fingerprint density at radius 3 is 2.78 bits per heavy atom. The monoisotopic (exact) mass is 432 g/mol. The standard InChI is InChI=1S/C25H25FN4O2/c1-17-14-29(16-27-17)22-10-5-18(13-24(22)31-2)12-20-4-3-11-30-23(15-32-28-25(20)30)19-6-8-21(26)9-7-19/h5-10,12-14,16,23H,3-4,11,15H2,1-2H3/t23-/m1/s1. The normalized spacial score (nSPS) is 19.3. The minimum Gasteiger partial charge on any atom is -0.495 e. The number of hydrogen-bond acceptors (Lipinski definition) is 5. The van der Waals surface area contributed by atoms with E-state index in [0.29, 0.717) is 6.61 Å². The molecule has 0 N–H and O–H groups in total. The lowest BCUT2D eigenvalue weighted by Crippen LogP contribution is -2.44. The predicted molar refractivity (Wildman–Crippen MR) is 121 cm³/mol. The van der Waals surface area contributed by atoms with Gasteiger partial charge in [0.25, 0.3) is 0 Å². The van der Waals surface area contributed by atoms with E-state index in [1.165, 1.54) is 12.1 Å². The Bertz CT molecular complexity index is 1180. The van der Waals surface area contributed by atoms with Gasteiger partial charge in [-0.2, -0.15) is 0 Å². The molecule has 7 heteroatoms. The average molecular weight is 432 g/mol. The van der Waals surface area contributed by atoms with Crippen molar-refractivity contribution < 1.29 is 14.0 Å². The van der Waals surface area contributed by atoms with Crippen molar-refractivity contribution >= 4 is 11.9 Å². The maximum absolute atomic E-state index is 13.4. The highest BCUT2D eigenvalue weighted by molar-refractivity contribution is 6.03. The smallest absolute Gasteiger partial charge is 0.172 e. The zero-order chi connectivity index (χ0) is 22.1. The van der Waals surface area contributed by atoms with Crippen molar-refractivity contribution in [1.82, 2.24) is 14.5 Å². The maximum atomic E-state index is 13.4. The van der Waals surface area contributed by atoms with Crippen molar-refractivity contribution in [2.45, 2.75) is 25.8 Å². The number of aryl methyl sites for hydroxylation is 1. The third-order valence-corrected chi connectivity index (χ3v) is 5.95. The van der Waals surface area contributed by atoms with Gasteiger partial charge in [0.2, 0.25) is 0 Å². The van der Waals surface area contributed by atoms with Crippen LogP contribution in [0.4, 0.5) is 4.39 Å². The second kappa shape index (κ2) is 8.49. The molecule has 2 aliphatic rings. The topological polar surface area (TPSA) is 51.9 Å². The van der Waals surface area contributed by atoms with Crippen LogP contribution in [0.1, 0.15) is 35.7 Å². The molecule has 2 aromatic carbocycles. The molecule has 32 heavy (non-hydrogen) atoms. The van der Waals surface area contributed by atoms with Crippen LogP contribution >= 0.6 is 0 Å². The molecule has 0 bridgehead atoms. The van der Waals surface area contributed by atoms with Crippen molar-refractivity contribution in [2.24, 2.45) is 5.16 Å². The van der Waals surface area contributed by atoms with Crippen molar-refractivity contribution in [3.05, 3.63) is 83.2 Å². The molecule has 1 saturated heterocycles. The summed E-state index contributed by atoms with van der Waals surface area (Å²) >= 11 is 0. The van der Waals surface area contributed by atoms with Gasteiger partial charge in [-0.25, -0.2) is 9.37 Å². The van der Waals surface area contributed by atoms with Crippen LogP contribution in [-0.4, -0.2) is 40.5 Å². The Labute approximate surface area is 186 Å². The first kappa shape index (κ1) is 20.3. The molecule has 2 aliphatic heterocycles. The number of aromatic nitrogens is 2. The lowest BCUT2D eigenvalue weighted by atomic mass is 9.96. The molecular formula is C25H25FN4O2. The van der Waals surface area contributed by atoms with E-state index in [0.717, 1.165) is 59.1 Å². The molecule has 3 aromatic rings. The molecule has 0 spiro atoms. The quantitative estimate of drug-likeness (QED) is 0.589. The fourth-order valence-electron chi connectivity index (χ4n) is 4.36. The van der Waals surface area contributed by atoms with Crippen LogP contribution in [-0.2, 0) is 4.84 Å². The van der Waals surface area contributed by atoms with Gasteiger partial charge in [0.1, 0.15) is 18.2 Å². The summed E-state index contributed by atoms with van der Waals surface area (Å²) in [4.78, 5) is 12.2. The Balaban J connectivity index is 1.45. The molecule has 0 unspecified atom stereocenters. The first-order valence-electron chi connectivity index (χ1n) is 10.7. The number of rotatable bonds is 4. The lowest BCUT2D eigenvalue weighted by Gasteiger charge is -2.40. The Hall–Kier alpha value is -3.61. The first-order valence-corrected chi connectivity index (χ1v) is 10.7.